The summed E-state index contributed by atoms with van der Waals surface area (Å²) in [6, 6.07) is 3.61. The Morgan fingerprint density at radius 2 is 1.93 bits per heavy atom. The van der Waals surface area contributed by atoms with Crippen molar-refractivity contribution < 1.29 is 13.2 Å². The van der Waals surface area contributed by atoms with Crippen molar-refractivity contribution in [1.82, 2.24) is 5.32 Å². The molecule has 4 heteroatoms. The average molecular weight is 211 g/mol. The average Bonchev–Trinajstić information content (AvgIpc) is 2.68. The Kier molecular flexibility index (Phi) is 2.44. The zero-order chi connectivity index (χ0) is 11.0. The molecule has 0 radical (unpaired) electrons. The molecule has 0 saturated heterocycles. The van der Waals surface area contributed by atoms with Crippen LogP contribution in [0, 0.1) is 11.6 Å². The zero-order valence-corrected chi connectivity index (χ0v) is 8.47. The lowest BCUT2D eigenvalue weighted by Gasteiger charge is -2.04. The van der Waals surface area contributed by atoms with Gasteiger partial charge in [0, 0.05) is 0 Å². The summed E-state index contributed by atoms with van der Waals surface area (Å²) in [5, 5.41) is 3.13. The van der Waals surface area contributed by atoms with Crippen LogP contribution in [0.5, 0.6) is 0 Å². The fourth-order valence-electron chi connectivity index (χ4n) is 1.43. The van der Waals surface area contributed by atoms with E-state index in [4.69, 9.17) is 4.42 Å². The van der Waals surface area contributed by atoms with Crippen molar-refractivity contribution in [2.75, 3.05) is 7.05 Å². The Labute approximate surface area is 85.9 Å². The SMILES string of the molecule is CNC(C)c1cc2c(F)ccc(F)c2o1. The fraction of sp³-hybridized carbons (Fsp3) is 0.273. The second kappa shape index (κ2) is 3.62. The molecule has 0 amide bonds. The summed E-state index contributed by atoms with van der Waals surface area (Å²) in [6.45, 7) is 1.85. The van der Waals surface area contributed by atoms with Crippen molar-refractivity contribution in [2.45, 2.75) is 13.0 Å². The summed E-state index contributed by atoms with van der Waals surface area (Å²) in [7, 11) is 1.75. The molecule has 0 aliphatic heterocycles. The van der Waals surface area contributed by atoms with Crippen LogP contribution in [0.25, 0.3) is 11.0 Å². The number of halogens is 2. The van der Waals surface area contributed by atoms with E-state index in [-0.39, 0.29) is 17.0 Å². The highest BCUT2D eigenvalue weighted by molar-refractivity contribution is 5.79. The van der Waals surface area contributed by atoms with Gasteiger partial charge in [-0.25, -0.2) is 8.78 Å². The summed E-state index contributed by atoms with van der Waals surface area (Å²) in [5.74, 6) is -0.484. The molecular formula is C11H11F2NO. The zero-order valence-electron chi connectivity index (χ0n) is 8.47. The summed E-state index contributed by atoms with van der Waals surface area (Å²) in [4.78, 5) is 0. The molecule has 0 saturated carbocycles. The minimum atomic E-state index is -0.541. The largest absolute Gasteiger partial charge is 0.456 e. The van der Waals surface area contributed by atoms with Gasteiger partial charge in [0.1, 0.15) is 11.6 Å². The monoisotopic (exact) mass is 211 g/mol. The predicted molar refractivity (Wildman–Crippen MR) is 53.6 cm³/mol. The topological polar surface area (TPSA) is 25.2 Å². The molecule has 1 aromatic heterocycles. The van der Waals surface area contributed by atoms with Crippen LogP contribution in [0.4, 0.5) is 8.78 Å². The number of benzene rings is 1. The first-order valence-corrected chi connectivity index (χ1v) is 4.68. The number of rotatable bonds is 2. The number of furan rings is 1. The van der Waals surface area contributed by atoms with Crippen LogP contribution in [-0.4, -0.2) is 7.05 Å². The van der Waals surface area contributed by atoms with Gasteiger partial charge in [0.05, 0.1) is 11.4 Å². The third-order valence-electron chi connectivity index (χ3n) is 2.46. The van der Waals surface area contributed by atoms with E-state index in [0.717, 1.165) is 12.1 Å². The van der Waals surface area contributed by atoms with E-state index in [1.54, 1.807) is 7.05 Å². The number of nitrogens with one attached hydrogen (secondary N) is 1. The molecule has 15 heavy (non-hydrogen) atoms. The Balaban J connectivity index is 2.64. The van der Waals surface area contributed by atoms with E-state index in [0.29, 0.717) is 5.76 Å². The lowest BCUT2D eigenvalue weighted by atomic mass is 10.2. The second-order valence-electron chi connectivity index (χ2n) is 3.43. The van der Waals surface area contributed by atoms with Crippen LogP contribution in [0.2, 0.25) is 0 Å². The van der Waals surface area contributed by atoms with Gasteiger partial charge in [-0.05, 0) is 32.2 Å². The van der Waals surface area contributed by atoms with Gasteiger partial charge < -0.3 is 9.73 Å². The third-order valence-corrected chi connectivity index (χ3v) is 2.46. The molecule has 2 aromatic rings. The molecule has 1 aromatic carbocycles. The van der Waals surface area contributed by atoms with Crippen molar-refractivity contribution in [3.63, 3.8) is 0 Å². The van der Waals surface area contributed by atoms with Gasteiger partial charge in [-0.2, -0.15) is 0 Å². The van der Waals surface area contributed by atoms with Crippen molar-refractivity contribution >= 4 is 11.0 Å². The predicted octanol–water partition coefficient (Wildman–Crippen LogP) is 2.99. The van der Waals surface area contributed by atoms with Crippen LogP contribution >= 0.6 is 0 Å². The van der Waals surface area contributed by atoms with Crippen molar-refractivity contribution in [2.24, 2.45) is 0 Å². The molecule has 0 fully saturated rings. The van der Waals surface area contributed by atoms with Crippen molar-refractivity contribution in [1.29, 1.82) is 0 Å². The maximum absolute atomic E-state index is 13.3. The first-order chi connectivity index (χ1) is 7.13. The molecular weight excluding hydrogens is 200 g/mol. The number of hydrogen-bond acceptors (Lipinski definition) is 2. The molecule has 1 heterocycles. The normalized spacial score (nSPS) is 13.3. The Morgan fingerprint density at radius 3 is 2.53 bits per heavy atom. The van der Waals surface area contributed by atoms with Gasteiger partial charge in [-0.15, -0.1) is 0 Å². The quantitative estimate of drug-likeness (QED) is 0.826. The Morgan fingerprint density at radius 1 is 1.27 bits per heavy atom. The van der Waals surface area contributed by atoms with Gasteiger partial charge in [0.15, 0.2) is 11.4 Å². The Bertz CT molecular complexity index is 454. The van der Waals surface area contributed by atoms with E-state index in [1.807, 2.05) is 6.92 Å². The van der Waals surface area contributed by atoms with Gasteiger partial charge >= 0.3 is 0 Å². The molecule has 1 atom stereocenters. The summed E-state index contributed by atoms with van der Waals surface area (Å²) < 4.78 is 31.8. The number of fused-ring (bicyclic) bond motifs is 1. The smallest absolute Gasteiger partial charge is 0.172 e. The highest BCUT2D eigenvalue weighted by atomic mass is 19.1. The molecule has 1 N–H and O–H groups in total. The Hall–Kier alpha value is -1.42. The van der Waals surface area contributed by atoms with Crippen molar-refractivity contribution in [3.8, 4) is 0 Å². The summed E-state index contributed by atoms with van der Waals surface area (Å²) >= 11 is 0. The lowest BCUT2D eigenvalue weighted by molar-refractivity contribution is 0.462. The molecule has 2 nitrogen and oxygen atoms in total. The van der Waals surface area contributed by atoms with Crippen LogP contribution < -0.4 is 5.32 Å². The van der Waals surface area contributed by atoms with Gasteiger partial charge in [-0.3, -0.25) is 0 Å². The minimum Gasteiger partial charge on any atom is -0.456 e. The summed E-state index contributed by atoms with van der Waals surface area (Å²) in [5.41, 5.74) is -0.0212. The first-order valence-electron chi connectivity index (χ1n) is 4.68. The van der Waals surface area contributed by atoms with E-state index < -0.39 is 11.6 Å². The maximum Gasteiger partial charge on any atom is 0.172 e. The van der Waals surface area contributed by atoms with Crippen LogP contribution in [0.15, 0.2) is 22.6 Å². The number of hydrogen-bond donors (Lipinski definition) is 1. The van der Waals surface area contributed by atoms with Gasteiger partial charge in [0.2, 0.25) is 0 Å². The molecule has 80 valence electrons. The molecule has 0 aliphatic carbocycles. The molecule has 1 unspecified atom stereocenters. The van der Waals surface area contributed by atoms with E-state index in [2.05, 4.69) is 5.32 Å². The highest BCUT2D eigenvalue weighted by Gasteiger charge is 2.15. The first kappa shape index (κ1) is 10.1. The molecule has 0 bridgehead atoms. The molecule has 0 aliphatic rings. The van der Waals surface area contributed by atoms with E-state index in [9.17, 15) is 8.78 Å². The van der Waals surface area contributed by atoms with Crippen molar-refractivity contribution in [3.05, 3.63) is 35.6 Å². The van der Waals surface area contributed by atoms with E-state index >= 15 is 0 Å². The van der Waals surface area contributed by atoms with Gasteiger partial charge in [0.25, 0.3) is 0 Å². The molecule has 2 rings (SSSR count). The highest BCUT2D eigenvalue weighted by Crippen LogP contribution is 2.27. The van der Waals surface area contributed by atoms with Crippen LogP contribution in [0.1, 0.15) is 18.7 Å². The van der Waals surface area contributed by atoms with E-state index in [1.165, 1.54) is 6.07 Å². The third kappa shape index (κ3) is 1.61. The standard InChI is InChI=1S/C11H11F2NO/c1-6(14-2)10-5-7-8(12)3-4-9(13)11(7)15-10/h3-6,14H,1-2H3. The van der Waals surface area contributed by atoms with Crippen LogP contribution in [0.3, 0.4) is 0 Å². The van der Waals surface area contributed by atoms with Crippen LogP contribution in [-0.2, 0) is 0 Å². The maximum atomic E-state index is 13.3. The fourth-order valence-corrected chi connectivity index (χ4v) is 1.43. The van der Waals surface area contributed by atoms with Gasteiger partial charge in [-0.1, -0.05) is 0 Å². The summed E-state index contributed by atoms with van der Waals surface area (Å²) in [6.07, 6.45) is 0. The minimum absolute atomic E-state index is 0.0212. The second-order valence-corrected chi connectivity index (χ2v) is 3.43. The molecule has 0 spiro atoms. The lowest BCUT2D eigenvalue weighted by Crippen LogP contribution is -2.10.